The van der Waals surface area contributed by atoms with Gasteiger partial charge in [-0.15, -0.1) is 0 Å². The molecule has 8 heteroatoms. The number of thioether (sulfide) groups is 1. The molecule has 0 unspecified atom stereocenters. The molecule has 0 spiro atoms. The van der Waals surface area contributed by atoms with Crippen LogP contribution < -0.4 is 5.32 Å². The van der Waals surface area contributed by atoms with Gasteiger partial charge in [0, 0.05) is 12.2 Å². The minimum absolute atomic E-state index is 0.0954. The number of esters is 1. The average Bonchev–Trinajstić information content (AvgIpc) is 3.18. The first-order chi connectivity index (χ1) is 15.5. The Bertz CT molecular complexity index is 1140. The number of nitrogens with zero attached hydrogens (tertiary/aromatic N) is 2. The Balaban J connectivity index is 1.61. The largest absolute Gasteiger partial charge is 0.466 e. The van der Waals surface area contributed by atoms with Gasteiger partial charge >= 0.3 is 5.97 Å². The number of rotatable bonds is 6. The highest BCUT2D eigenvalue weighted by molar-refractivity contribution is 8.16. The van der Waals surface area contributed by atoms with Crippen LogP contribution in [0, 0.1) is 5.82 Å². The molecule has 1 amide bonds. The third kappa shape index (κ3) is 4.45. The van der Waals surface area contributed by atoms with E-state index < -0.39 is 17.8 Å². The van der Waals surface area contributed by atoms with E-state index in [1.807, 2.05) is 40.6 Å². The highest BCUT2D eigenvalue weighted by Gasteiger charge is 2.41. The number of carbonyl (C=O) groups excluding carboxylic acids is 2. The first kappa shape index (κ1) is 21.8. The standard InChI is InChI=1S/C24H22FN3O3S/c1-15-21(23(30)31-2)22(17-9-6-10-18(25)11-17)28-19(14-32-24(28)27-15)12-20(29)26-13-16-7-4-3-5-8-16/h3-11,14,22H,12-13H2,1-2H3,(H,26,29)/t22-/m1/s1. The van der Waals surface area contributed by atoms with Gasteiger partial charge in [0.15, 0.2) is 5.17 Å². The van der Waals surface area contributed by atoms with Crippen molar-refractivity contribution in [3.8, 4) is 0 Å². The number of methoxy groups -OCH3 is 1. The summed E-state index contributed by atoms with van der Waals surface area (Å²) in [5.41, 5.74) is 3.09. The Labute approximate surface area is 189 Å². The number of nitrogens with one attached hydrogen (secondary N) is 1. The molecule has 1 N–H and O–H groups in total. The topological polar surface area (TPSA) is 71.0 Å². The minimum Gasteiger partial charge on any atom is -0.466 e. The predicted octanol–water partition coefficient (Wildman–Crippen LogP) is 4.28. The number of halogens is 1. The molecule has 0 aliphatic carbocycles. The number of benzene rings is 2. The predicted molar refractivity (Wildman–Crippen MR) is 122 cm³/mol. The van der Waals surface area contributed by atoms with Gasteiger partial charge in [0.2, 0.25) is 5.91 Å². The molecule has 0 fully saturated rings. The van der Waals surface area contributed by atoms with E-state index in [-0.39, 0.29) is 12.3 Å². The van der Waals surface area contributed by atoms with E-state index in [9.17, 15) is 14.0 Å². The number of carbonyl (C=O) groups is 2. The maximum atomic E-state index is 14.1. The van der Waals surface area contributed by atoms with Gasteiger partial charge in [0.05, 0.1) is 30.8 Å². The van der Waals surface area contributed by atoms with Crippen LogP contribution in [0.25, 0.3) is 0 Å². The fourth-order valence-electron chi connectivity index (χ4n) is 3.76. The molecule has 2 aliphatic rings. The van der Waals surface area contributed by atoms with Crippen molar-refractivity contribution in [2.75, 3.05) is 7.11 Å². The summed E-state index contributed by atoms with van der Waals surface area (Å²) in [5.74, 6) is -1.11. The third-order valence-electron chi connectivity index (χ3n) is 5.24. The van der Waals surface area contributed by atoms with E-state index in [1.54, 1.807) is 19.1 Å². The average molecular weight is 452 g/mol. The molecular formula is C24H22FN3O3S. The fraction of sp³-hybridized carbons (Fsp3) is 0.208. The lowest BCUT2D eigenvalue weighted by molar-refractivity contribution is -0.136. The maximum Gasteiger partial charge on any atom is 0.338 e. The molecule has 2 heterocycles. The van der Waals surface area contributed by atoms with Gasteiger partial charge in [-0.05, 0) is 35.6 Å². The van der Waals surface area contributed by atoms with Gasteiger partial charge in [-0.25, -0.2) is 14.2 Å². The summed E-state index contributed by atoms with van der Waals surface area (Å²) in [6.07, 6.45) is 0.0954. The molecule has 2 aromatic carbocycles. The van der Waals surface area contributed by atoms with Gasteiger partial charge in [-0.1, -0.05) is 54.2 Å². The molecule has 0 saturated heterocycles. The van der Waals surface area contributed by atoms with Crippen molar-refractivity contribution in [3.05, 3.63) is 93.9 Å². The van der Waals surface area contributed by atoms with E-state index in [1.165, 1.54) is 31.0 Å². The normalized spacial score (nSPS) is 17.5. The number of amides is 1. The third-order valence-corrected chi connectivity index (χ3v) is 6.13. The van der Waals surface area contributed by atoms with E-state index in [4.69, 9.17) is 4.74 Å². The van der Waals surface area contributed by atoms with Gasteiger partial charge in [0.25, 0.3) is 0 Å². The van der Waals surface area contributed by atoms with Crippen LogP contribution in [0.5, 0.6) is 0 Å². The number of ether oxygens (including phenoxy) is 1. The number of fused-ring (bicyclic) bond motifs is 1. The second-order valence-electron chi connectivity index (χ2n) is 7.38. The number of hydrogen-bond donors (Lipinski definition) is 1. The van der Waals surface area contributed by atoms with Crippen LogP contribution in [0.2, 0.25) is 0 Å². The lowest BCUT2D eigenvalue weighted by Gasteiger charge is -2.36. The Morgan fingerprint density at radius 2 is 1.97 bits per heavy atom. The summed E-state index contributed by atoms with van der Waals surface area (Å²) in [6.45, 7) is 2.15. The molecule has 0 radical (unpaired) electrons. The fourth-order valence-corrected chi connectivity index (χ4v) is 4.72. The molecule has 164 valence electrons. The molecule has 2 aliphatic heterocycles. The first-order valence-corrected chi connectivity index (χ1v) is 10.9. The smallest absolute Gasteiger partial charge is 0.338 e. The van der Waals surface area contributed by atoms with Crippen molar-refractivity contribution >= 4 is 28.8 Å². The van der Waals surface area contributed by atoms with Gasteiger partial charge < -0.3 is 15.0 Å². The van der Waals surface area contributed by atoms with Crippen LogP contribution in [-0.2, 0) is 20.9 Å². The molecule has 2 aromatic rings. The summed E-state index contributed by atoms with van der Waals surface area (Å²) in [7, 11) is 1.30. The molecule has 0 aromatic heterocycles. The minimum atomic E-state index is -0.645. The zero-order valence-electron chi connectivity index (χ0n) is 17.7. The summed E-state index contributed by atoms with van der Waals surface area (Å²) in [5, 5.41) is 5.40. The zero-order chi connectivity index (χ0) is 22.7. The molecular weight excluding hydrogens is 429 g/mol. The van der Waals surface area contributed by atoms with E-state index in [0.717, 1.165) is 5.56 Å². The number of hydrogen-bond acceptors (Lipinski definition) is 6. The number of allylic oxidation sites excluding steroid dienone is 1. The SMILES string of the molecule is COC(=O)C1=C(C)N=C2SC=C(CC(=O)NCc3ccccc3)N2[C@@H]1c1cccc(F)c1. The van der Waals surface area contributed by atoms with Crippen molar-refractivity contribution in [2.45, 2.75) is 25.9 Å². The second kappa shape index (κ2) is 9.40. The van der Waals surface area contributed by atoms with Crippen LogP contribution >= 0.6 is 11.8 Å². The van der Waals surface area contributed by atoms with Gasteiger partial charge in [-0.3, -0.25) is 4.79 Å². The van der Waals surface area contributed by atoms with Crippen LogP contribution in [-0.4, -0.2) is 29.1 Å². The Hall–Kier alpha value is -3.39. The highest BCUT2D eigenvalue weighted by atomic mass is 32.2. The van der Waals surface area contributed by atoms with E-state index in [0.29, 0.717) is 34.2 Å². The summed E-state index contributed by atoms with van der Waals surface area (Å²) in [6, 6.07) is 15.1. The van der Waals surface area contributed by atoms with E-state index in [2.05, 4.69) is 10.3 Å². The van der Waals surface area contributed by atoms with Gasteiger partial charge in [0.1, 0.15) is 5.82 Å². The van der Waals surface area contributed by atoms with Crippen LogP contribution in [0.3, 0.4) is 0 Å². The zero-order valence-corrected chi connectivity index (χ0v) is 18.5. The van der Waals surface area contributed by atoms with Crippen molar-refractivity contribution in [1.29, 1.82) is 0 Å². The maximum absolute atomic E-state index is 14.1. The molecule has 6 nitrogen and oxygen atoms in total. The molecule has 32 heavy (non-hydrogen) atoms. The highest BCUT2D eigenvalue weighted by Crippen LogP contribution is 2.44. The first-order valence-electron chi connectivity index (χ1n) is 10.1. The summed E-state index contributed by atoms with van der Waals surface area (Å²) in [4.78, 5) is 31.7. The Morgan fingerprint density at radius 3 is 2.69 bits per heavy atom. The molecule has 0 bridgehead atoms. The van der Waals surface area contributed by atoms with Crippen LogP contribution in [0.15, 0.2) is 82.0 Å². The summed E-state index contributed by atoms with van der Waals surface area (Å²) < 4.78 is 19.1. The quantitative estimate of drug-likeness (QED) is 0.664. The Morgan fingerprint density at radius 1 is 1.19 bits per heavy atom. The molecule has 4 rings (SSSR count). The monoisotopic (exact) mass is 451 g/mol. The van der Waals surface area contributed by atoms with Gasteiger partial charge in [-0.2, -0.15) is 0 Å². The van der Waals surface area contributed by atoms with Crippen molar-refractivity contribution in [1.82, 2.24) is 10.2 Å². The lowest BCUT2D eigenvalue weighted by Crippen LogP contribution is -2.38. The summed E-state index contributed by atoms with van der Waals surface area (Å²) >= 11 is 1.37. The second-order valence-corrected chi connectivity index (χ2v) is 8.22. The Kier molecular flexibility index (Phi) is 6.41. The van der Waals surface area contributed by atoms with Crippen LogP contribution in [0.4, 0.5) is 4.39 Å². The van der Waals surface area contributed by atoms with Crippen molar-refractivity contribution < 1.29 is 18.7 Å². The van der Waals surface area contributed by atoms with Crippen LogP contribution in [0.1, 0.15) is 30.5 Å². The molecule has 0 saturated carbocycles. The van der Waals surface area contributed by atoms with Crippen molar-refractivity contribution in [2.24, 2.45) is 4.99 Å². The number of amidine groups is 1. The van der Waals surface area contributed by atoms with Crippen molar-refractivity contribution in [3.63, 3.8) is 0 Å². The number of aliphatic imine (C=N–C) groups is 1. The molecule has 1 atom stereocenters. The van der Waals surface area contributed by atoms with E-state index >= 15 is 0 Å². The lowest BCUT2D eigenvalue weighted by atomic mass is 9.94.